The van der Waals surface area contributed by atoms with Crippen LogP contribution < -0.4 is 10.9 Å². The van der Waals surface area contributed by atoms with Crippen molar-refractivity contribution >= 4 is 17.9 Å². The Morgan fingerprint density at radius 1 is 1.47 bits per heavy atom. The fourth-order valence-corrected chi connectivity index (χ4v) is 2.57. The summed E-state index contributed by atoms with van der Waals surface area (Å²) in [7, 11) is 0. The first-order chi connectivity index (χ1) is 6.88. The lowest BCUT2D eigenvalue weighted by molar-refractivity contribution is 0.0488. The van der Waals surface area contributed by atoms with E-state index in [4.69, 9.17) is 4.74 Å². The van der Waals surface area contributed by atoms with Gasteiger partial charge in [-0.05, 0) is 32.9 Å². The van der Waals surface area contributed by atoms with Crippen LogP contribution in [0.4, 0.5) is 4.79 Å². The summed E-state index contributed by atoms with van der Waals surface area (Å²) in [5, 5.41) is 0.542. The van der Waals surface area contributed by atoms with E-state index in [2.05, 4.69) is 17.8 Å². The Labute approximate surface area is 95.5 Å². The summed E-state index contributed by atoms with van der Waals surface area (Å²) in [6.45, 7) is 7.70. The highest BCUT2D eigenvalue weighted by Gasteiger charge is 2.24. The highest BCUT2D eigenvalue weighted by molar-refractivity contribution is 8.00. The van der Waals surface area contributed by atoms with E-state index in [1.165, 1.54) is 0 Å². The van der Waals surface area contributed by atoms with Gasteiger partial charge in [0.25, 0.3) is 0 Å². The maximum atomic E-state index is 11.3. The quantitative estimate of drug-likeness (QED) is 0.714. The molecule has 0 bridgehead atoms. The van der Waals surface area contributed by atoms with Gasteiger partial charge in [-0.2, -0.15) is 11.8 Å². The summed E-state index contributed by atoms with van der Waals surface area (Å²) >= 11 is 1.92. The zero-order valence-electron chi connectivity index (χ0n) is 9.79. The number of hydrogen-bond donors (Lipinski definition) is 2. The molecule has 1 aliphatic rings. The van der Waals surface area contributed by atoms with E-state index in [-0.39, 0.29) is 0 Å². The van der Waals surface area contributed by atoms with Gasteiger partial charge in [-0.25, -0.2) is 10.2 Å². The second-order valence-corrected chi connectivity index (χ2v) is 6.23. The number of rotatable bonds is 2. The molecular formula is C10H20N2O2S. The van der Waals surface area contributed by atoms with Crippen molar-refractivity contribution in [1.29, 1.82) is 0 Å². The number of ether oxygens (including phenoxy) is 1. The van der Waals surface area contributed by atoms with Crippen molar-refractivity contribution in [2.45, 2.75) is 51.0 Å². The Balaban J connectivity index is 2.22. The first-order valence-corrected chi connectivity index (χ1v) is 6.29. The highest BCUT2D eigenvalue weighted by atomic mass is 32.2. The van der Waals surface area contributed by atoms with Crippen LogP contribution in [0.25, 0.3) is 0 Å². The molecule has 0 saturated carbocycles. The molecule has 1 heterocycles. The van der Waals surface area contributed by atoms with E-state index in [0.717, 1.165) is 12.2 Å². The number of hydrazine groups is 1. The molecule has 0 spiro atoms. The van der Waals surface area contributed by atoms with Gasteiger partial charge >= 0.3 is 6.09 Å². The fourth-order valence-electron chi connectivity index (χ4n) is 1.38. The molecule has 4 nitrogen and oxygen atoms in total. The van der Waals surface area contributed by atoms with Crippen LogP contribution >= 0.6 is 11.8 Å². The zero-order valence-corrected chi connectivity index (χ0v) is 10.6. The molecule has 15 heavy (non-hydrogen) atoms. The predicted octanol–water partition coefficient (Wildman–Crippen LogP) is 1.91. The van der Waals surface area contributed by atoms with Crippen LogP contribution in [0.15, 0.2) is 0 Å². The molecule has 1 fully saturated rings. The molecule has 0 aromatic rings. The molecule has 1 rings (SSSR count). The van der Waals surface area contributed by atoms with Crippen molar-refractivity contribution in [3.63, 3.8) is 0 Å². The number of nitrogens with one attached hydrogen (secondary N) is 2. The van der Waals surface area contributed by atoms with Crippen LogP contribution in [-0.4, -0.2) is 28.7 Å². The Bertz CT molecular complexity index is 228. The Kier molecular flexibility index (Phi) is 4.28. The Morgan fingerprint density at radius 3 is 2.60 bits per heavy atom. The van der Waals surface area contributed by atoms with Crippen LogP contribution in [0.2, 0.25) is 0 Å². The molecule has 2 atom stereocenters. The van der Waals surface area contributed by atoms with Crippen LogP contribution in [0.5, 0.6) is 0 Å². The summed E-state index contributed by atoms with van der Waals surface area (Å²) in [5.41, 5.74) is 5.15. The number of amides is 1. The van der Waals surface area contributed by atoms with Gasteiger partial charge < -0.3 is 4.74 Å². The van der Waals surface area contributed by atoms with Crippen molar-refractivity contribution in [3.8, 4) is 0 Å². The third-order valence-electron chi connectivity index (χ3n) is 2.13. The minimum atomic E-state index is -0.443. The van der Waals surface area contributed by atoms with Crippen molar-refractivity contribution in [2.24, 2.45) is 0 Å². The maximum absolute atomic E-state index is 11.3. The van der Waals surface area contributed by atoms with Gasteiger partial charge in [0.05, 0.1) is 0 Å². The fraction of sp³-hybridized carbons (Fsp3) is 0.900. The summed E-state index contributed by atoms with van der Waals surface area (Å²) in [5.74, 6) is 1.15. The van der Waals surface area contributed by atoms with Crippen molar-refractivity contribution in [1.82, 2.24) is 10.9 Å². The zero-order chi connectivity index (χ0) is 11.5. The molecule has 1 amide bonds. The Morgan fingerprint density at radius 2 is 2.13 bits per heavy atom. The number of carbonyl (C=O) groups excluding carboxylic acids is 1. The predicted molar refractivity (Wildman–Crippen MR) is 62.8 cm³/mol. The Hall–Kier alpha value is -0.420. The van der Waals surface area contributed by atoms with Gasteiger partial charge in [-0.15, -0.1) is 0 Å². The minimum absolute atomic E-state index is 0.350. The normalized spacial score (nSPS) is 26.4. The van der Waals surface area contributed by atoms with E-state index in [1.54, 1.807) is 0 Å². The third kappa shape index (κ3) is 4.75. The van der Waals surface area contributed by atoms with Crippen LogP contribution in [0.3, 0.4) is 0 Å². The highest BCUT2D eigenvalue weighted by Crippen LogP contribution is 2.25. The van der Waals surface area contributed by atoms with Gasteiger partial charge in [0, 0.05) is 11.3 Å². The molecule has 2 N–H and O–H groups in total. The summed E-state index contributed by atoms with van der Waals surface area (Å²) in [4.78, 5) is 11.3. The first-order valence-electron chi connectivity index (χ1n) is 5.24. The molecular weight excluding hydrogens is 212 g/mol. The standard InChI is InChI=1S/C10H20N2O2S/c1-7-8(5-6-15-7)11-12-9(13)14-10(2,3)4/h7-8,11H,5-6H2,1-4H3,(H,12,13). The maximum Gasteiger partial charge on any atom is 0.422 e. The average Bonchev–Trinajstić information content (AvgIpc) is 2.44. The summed E-state index contributed by atoms with van der Waals surface area (Å²) in [6, 6.07) is 0.350. The van der Waals surface area contributed by atoms with Crippen LogP contribution in [-0.2, 0) is 4.74 Å². The van der Waals surface area contributed by atoms with Crippen LogP contribution in [0, 0.1) is 0 Å². The van der Waals surface area contributed by atoms with E-state index in [9.17, 15) is 4.79 Å². The smallest absolute Gasteiger partial charge is 0.422 e. The molecule has 88 valence electrons. The molecule has 1 saturated heterocycles. The molecule has 0 aromatic heterocycles. The van der Waals surface area contributed by atoms with Crippen molar-refractivity contribution in [2.75, 3.05) is 5.75 Å². The lowest BCUT2D eigenvalue weighted by Gasteiger charge is -2.22. The van der Waals surface area contributed by atoms with Gasteiger partial charge in [0.2, 0.25) is 0 Å². The number of hydrogen-bond acceptors (Lipinski definition) is 4. The van der Waals surface area contributed by atoms with Gasteiger partial charge in [-0.1, -0.05) is 6.92 Å². The lowest BCUT2D eigenvalue weighted by atomic mass is 10.2. The topological polar surface area (TPSA) is 50.4 Å². The summed E-state index contributed by atoms with van der Waals surface area (Å²) in [6.07, 6.45) is 0.674. The van der Waals surface area contributed by atoms with Crippen molar-refractivity contribution in [3.05, 3.63) is 0 Å². The van der Waals surface area contributed by atoms with E-state index in [0.29, 0.717) is 11.3 Å². The minimum Gasteiger partial charge on any atom is -0.443 e. The van der Waals surface area contributed by atoms with Crippen LogP contribution in [0.1, 0.15) is 34.1 Å². The largest absolute Gasteiger partial charge is 0.443 e. The second-order valence-electron chi connectivity index (χ2n) is 4.74. The third-order valence-corrected chi connectivity index (χ3v) is 3.46. The lowest BCUT2D eigenvalue weighted by Crippen LogP contribution is -2.48. The molecule has 2 unspecified atom stereocenters. The van der Waals surface area contributed by atoms with Gasteiger partial charge in [0.15, 0.2) is 0 Å². The van der Waals surface area contributed by atoms with E-state index >= 15 is 0 Å². The first kappa shape index (κ1) is 12.6. The summed E-state index contributed by atoms with van der Waals surface area (Å²) < 4.78 is 5.11. The van der Waals surface area contributed by atoms with Crippen molar-refractivity contribution < 1.29 is 9.53 Å². The molecule has 0 aromatic carbocycles. The van der Waals surface area contributed by atoms with E-state index < -0.39 is 11.7 Å². The van der Waals surface area contributed by atoms with Gasteiger partial charge in [-0.3, -0.25) is 5.43 Å². The molecule has 0 aliphatic carbocycles. The number of thioether (sulfide) groups is 1. The monoisotopic (exact) mass is 232 g/mol. The number of carbonyl (C=O) groups is 1. The molecule has 0 radical (unpaired) electrons. The van der Waals surface area contributed by atoms with Gasteiger partial charge in [0.1, 0.15) is 5.60 Å². The SMILES string of the molecule is CC1SCCC1NNC(=O)OC(C)(C)C. The molecule has 5 heteroatoms. The second kappa shape index (κ2) is 5.07. The molecule has 1 aliphatic heterocycles. The average molecular weight is 232 g/mol. The van der Waals surface area contributed by atoms with E-state index in [1.807, 2.05) is 32.5 Å².